The predicted molar refractivity (Wildman–Crippen MR) is 111 cm³/mol. The van der Waals surface area contributed by atoms with Crippen molar-refractivity contribution in [1.29, 1.82) is 0 Å². The number of hydrogen-bond donors (Lipinski definition) is 2. The van der Waals surface area contributed by atoms with Gasteiger partial charge in [0.05, 0.1) is 16.8 Å². The van der Waals surface area contributed by atoms with Crippen LogP contribution in [0, 0.1) is 32.4 Å². The van der Waals surface area contributed by atoms with E-state index >= 15 is 0 Å². The molecule has 0 aliphatic rings. The number of benzene rings is 1. The molecule has 3 rings (SSSR count). The lowest BCUT2D eigenvalue weighted by Crippen LogP contribution is -2.49. The van der Waals surface area contributed by atoms with Crippen molar-refractivity contribution < 1.29 is 22.7 Å². The number of nitrogens with two attached hydrogens (primary N) is 1. The van der Waals surface area contributed by atoms with Gasteiger partial charge in [-0.25, -0.2) is 18.2 Å². The number of ether oxygens (including phenoxy) is 1. The Morgan fingerprint density at radius 3 is 2.68 bits per heavy atom. The number of aromatic nitrogens is 2. The Labute approximate surface area is 178 Å². The van der Waals surface area contributed by atoms with E-state index in [4.69, 9.17) is 10.5 Å². The highest BCUT2D eigenvalue weighted by molar-refractivity contribution is 5.95. The van der Waals surface area contributed by atoms with Gasteiger partial charge in [-0.15, -0.1) is 0 Å². The fraction of sp³-hybridized carbons (Fsp3) is 0.364. The van der Waals surface area contributed by atoms with E-state index in [2.05, 4.69) is 10.3 Å². The van der Waals surface area contributed by atoms with E-state index in [0.717, 1.165) is 5.56 Å². The van der Waals surface area contributed by atoms with Gasteiger partial charge in [0.25, 0.3) is 5.91 Å². The number of alkyl halides is 1. The largest absolute Gasteiger partial charge is 0.485 e. The summed E-state index contributed by atoms with van der Waals surface area (Å²) in [7, 11) is 0. The van der Waals surface area contributed by atoms with Gasteiger partial charge in [-0.1, -0.05) is 6.07 Å². The molecule has 0 saturated carbocycles. The van der Waals surface area contributed by atoms with E-state index < -0.39 is 29.8 Å². The summed E-state index contributed by atoms with van der Waals surface area (Å²) in [6.45, 7) is 5.29. The molecular weight excluding hydrogens is 409 g/mol. The number of halogens is 3. The molecule has 6 nitrogen and oxygen atoms in total. The molecule has 166 valence electrons. The SMILES string of the molecule is Cc1cc(OCc2c(F)ccc(C)c2F)c2nc(C)c(C(=O)NCC(C)(N)CF)n2c1. The number of hydrogen-bond acceptors (Lipinski definition) is 4. The molecule has 0 radical (unpaired) electrons. The lowest BCUT2D eigenvalue weighted by atomic mass is 10.1. The van der Waals surface area contributed by atoms with Crippen LogP contribution in [0.25, 0.3) is 5.65 Å². The lowest BCUT2D eigenvalue weighted by molar-refractivity contribution is 0.0935. The van der Waals surface area contributed by atoms with Crippen molar-refractivity contribution in [2.24, 2.45) is 5.73 Å². The Bertz CT molecular complexity index is 1140. The first-order valence-electron chi connectivity index (χ1n) is 9.72. The molecule has 31 heavy (non-hydrogen) atoms. The van der Waals surface area contributed by atoms with Crippen LogP contribution in [0.5, 0.6) is 5.75 Å². The number of imidazole rings is 1. The standard InChI is InChI=1S/C22H25F3N4O2/c1-12-7-17(31-9-15-16(24)6-5-13(2)18(15)25)20-28-14(3)19(29(20)8-12)21(30)27-11-22(4,26)10-23/h5-8H,9-11,26H2,1-4H3,(H,27,30). The molecule has 0 saturated heterocycles. The van der Waals surface area contributed by atoms with Gasteiger partial charge < -0.3 is 15.8 Å². The third kappa shape index (κ3) is 4.66. The summed E-state index contributed by atoms with van der Waals surface area (Å²) < 4.78 is 48.6. The van der Waals surface area contributed by atoms with Crippen molar-refractivity contribution in [1.82, 2.24) is 14.7 Å². The Morgan fingerprint density at radius 1 is 1.29 bits per heavy atom. The van der Waals surface area contributed by atoms with Crippen LogP contribution >= 0.6 is 0 Å². The zero-order chi connectivity index (χ0) is 22.9. The molecule has 1 aromatic carbocycles. The van der Waals surface area contributed by atoms with Crippen molar-refractivity contribution in [2.75, 3.05) is 13.2 Å². The molecular formula is C22H25F3N4O2. The molecule has 1 amide bonds. The highest BCUT2D eigenvalue weighted by Gasteiger charge is 2.24. The fourth-order valence-electron chi connectivity index (χ4n) is 3.15. The number of nitrogens with one attached hydrogen (secondary N) is 1. The van der Waals surface area contributed by atoms with Gasteiger partial charge in [0.2, 0.25) is 0 Å². The van der Waals surface area contributed by atoms with E-state index in [1.807, 2.05) is 0 Å². The van der Waals surface area contributed by atoms with E-state index in [1.54, 1.807) is 37.4 Å². The molecule has 3 aromatic rings. The average Bonchev–Trinajstić information content (AvgIpc) is 3.04. The zero-order valence-electron chi connectivity index (χ0n) is 17.9. The van der Waals surface area contributed by atoms with Gasteiger partial charge in [-0.3, -0.25) is 9.20 Å². The topological polar surface area (TPSA) is 81.6 Å². The number of aryl methyl sites for hydroxylation is 3. The fourth-order valence-corrected chi connectivity index (χ4v) is 3.15. The number of carbonyl (C=O) groups is 1. The van der Waals surface area contributed by atoms with Gasteiger partial charge >= 0.3 is 0 Å². The molecule has 0 aliphatic heterocycles. The number of pyridine rings is 1. The average molecular weight is 434 g/mol. The van der Waals surface area contributed by atoms with E-state index in [1.165, 1.54) is 19.1 Å². The van der Waals surface area contributed by atoms with Crippen LogP contribution in [0.4, 0.5) is 13.2 Å². The number of fused-ring (bicyclic) bond motifs is 1. The molecule has 0 bridgehead atoms. The number of rotatable bonds is 7. The van der Waals surface area contributed by atoms with Crippen LogP contribution in [0.15, 0.2) is 24.4 Å². The van der Waals surface area contributed by atoms with Crippen LogP contribution in [0.1, 0.15) is 39.8 Å². The lowest BCUT2D eigenvalue weighted by Gasteiger charge is -2.20. The van der Waals surface area contributed by atoms with E-state index in [0.29, 0.717) is 16.9 Å². The van der Waals surface area contributed by atoms with Crippen molar-refractivity contribution in [3.63, 3.8) is 0 Å². The normalized spacial score (nSPS) is 13.3. The summed E-state index contributed by atoms with van der Waals surface area (Å²) in [5.41, 5.74) is 6.42. The van der Waals surface area contributed by atoms with Crippen LogP contribution in [0.2, 0.25) is 0 Å². The molecule has 0 spiro atoms. The van der Waals surface area contributed by atoms with Gasteiger partial charge in [-0.05, 0) is 51.0 Å². The second-order valence-electron chi connectivity index (χ2n) is 8.04. The minimum Gasteiger partial charge on any atom is -0.485 e. The maximum absolute atomic E-state index is 14.3. The first-order valence-corrected chi connectivity index (χ1v) is 9.72. The Hall–Kier alpha value is -3.07. The Balaban J connectivity index is 1.94. The molecule has 1 atom stereocenters. The van der Waals surface area contributed by atoms with E-state index in [9.17, 15) is 18.0 Å². The second kappa shape index (κ2) is 8.58. The van der Waals surface area contributed by atoms with Gasteiger partial charge in [0, 0.05) is 12.7 Å². The van der Waals surface area contributed by atoms with Crippen LogP contribution in [-0.2, 0) is 6.61 Å². The second-order valence-corrected chi connectivity index (χ2v) is 8.04. The highest BCUT2D eigenvalue weighted by atomic mass is 19.1. The first kappa shape index (κ1) is 22.6. The van der Waals surface area contributed by atoms with Crippen molar-refractivity contribution in [2.45, 2.75) is 39.8 Å². The minimum absolute atomic E-state index is 0.0594. The number of carbonyl (C=O) groups excluding carboxylic acids is 1. The van der Waals surface area contributed by atoms with Gasteiger partial charge in [0.15, 0.2) is 11.4 Å². The molecule has 2 aromatic heterocycles. The third-order valence-corrected chi connectivity index (χ3v) is 4.92. The predicted octanol–water partition coefficient (Wildman–Crippen LogP) is 3.53. The first-order chi connectivity index (χ1) is 14.5. The summed E-state index contributed by atoms with van der Waals surface area (Å²) >= 11 is 0. The van der Waals surface area contributed by atoms with Crippen LogP contribution < -0.4 is 15.8 Å². The minimum atomic E-state index is -1.18. The molecule has 0 aliphatic carbocycles. The Morgan fingerprint density at radius 2 is 2.00 bits per heavy atom. The third-order valence-electron chi connectivity index (χ3n) is 4.92. The maximum Gasteiger partial charge on any atom is 0.270 e. The van der Waals surface area contributed by atoms with Crippen molar-refractivity contribution in [3.05, 3.63) is 64.1 Å². The van der Waals surface area contributed by atoms with Crippen molar-refractivity contribution in [3.8, 4) is 5.75 Å². The summed E-state index contributed by atoms with van der Waals surface area (Å²) in [6.07, 6.45) is 1.70. The molecule has 1 unspecified atom stereocenters. The maximum atomic E-state index is 14.3. The zero-order valence-corrected chi connectivity index (χ0v) is 17.9. The summed E-state index contributed by atoms with van der Waals surface area (Å²) in [4.78, 5) is 17.1. The smallest absolute Gasteiger partial charge is 0.270 e. The quantitative estimate of drug-likeness (QED) is 0.596. The number of amides is 1. The Kier molecular flexibility index (Phi) is 6.26. The van der Waals surface area contributed by atoms with Crippen molar-refractivity contribution >= 4 is 11.6 Å². The molecule has 0 fully saturated rings. The van der Waals surface area contributed by atoms with Crippen LogP contribution in [0.3, 0.4) is 0 Å². The molecule has 3 N–H and O–H groups in total. The monoisotopic (exact) mass is 434 g/mol. The van der Waals surface area contributed by atoms with Gasteiger partial charge in [0.1, 0.15) is 30.6 Å². The summed E-state index contributed by atoms with van der Waals surface area (Å²) in [5, 5.41) is 2.62. The van der Waals surface area contributed by atoms with Gasteiger partial charge in [-0.2, -0.15) is 0 Å². The van der Waals surface area contributed by atoms with E-state index in [-0.39, 0.29) is 30.2 Å². The summed E-state index contributed by atoms with van der Waals surface area (Å²) in [5.74, 6) is -1.57. The number of nitrogens with zero attached hydrogens (tertiary/aromatic N) is 2. The molecule has 9 heteroatoms. The summed E-state index contributed by atoms with van der Waals surface area (Å²) in [6, 6.07) is 4.22. The molecule has 2 heterocycles. The highest BCUT2D eigenvalue weighted by Crippen LogP contribution is 2.26. The van der Waals surface area contributed by atoms with Crippen LogP contribution in [-0.4, -0.2) is 34.1 Å².